The molecule has 0 heterocycles. The van der Waals surface area contributed by atoms with Gasteiger partial charge in [0.25, 0.3) is 0 Å². The summed E-state index contributed by atoms with van der Waals surface area (Å²) in [5.41, 5.74) is 0.124. The number of carboxylic acid groups (broad SMARTS) is 1. The van der Waals surface area contributed by atoms with Gasteiger partial charge in [0, 0.05) is 13.1 Å². The van der Waals surface area contributed by atoms with Crippen molar-refractivity contribution in [1.29, 1.82) is 0 Å². The molecule has 0 spiro atoms. The number of hydrogen-bond donors (Lipinski definition) is 1. The van der Waals surface area contributed by atoms with Gasteiger partial charge in [0.1, 0.15) is 0 Å². The molecule has 2 saturated carbocycles. The van der Waals surface area contributed by atoms with Crippen LogP contribution in [0.15, 0.2) is 0 Å². The first kappa shape index (κ1) is 11.9. The third kappa shape index (κ3) is 3.21. The van der Waals surface area contributed by atoms with E-state index in [1.165, 1.54) is 32.2 Å². The molecule has 2 rings (SSSR count). The highest BCUT2D eigenvalue weighted by Crippen LogP contribution is 2.49. The summed E-state index contributed by atoms with van der Waals surface area (Å²) in [6.07, 6.45) is 8.09. The van der Waals surface area contributed by atoms with E-state index >= 15 is 0 Å². The number of nitrogens with zero attached hydrogens (tertiary/aromatic N) is 1. The van der Waals surface area contributed by atoms with E-state index in [2.05, 4.69) is 11.9 Å². The Bertz CT molecular complexity index is 255. The molecule has 0 unspecified atom stereocenters. The van der Waals surface area contributed by atoms with Gasteiger partial charge in [-0.05, 0) is 44.1 Å². The molecular formula is C13H23NO2. The zero-order valence-electron chi connectivity index (χ0n) is 10.2. The highest BCUT2D eigenvalue weighted by molar-refractivity contribution is 5.68. The van der Waals surface area contributed by atoms with Gasteiger partial charge in [-0.1, -0.05) is 12.8 Å². The average Bonchev–Trinajstić information content (AvgIpc) is 2.74. The Kier molecular flexibility index (Phi) is 3.53. The zero-order valence-corrected chi connectivity index (χ0v) is 10.2. The van der Waals surface area contributed by atoms with Crippen LogP contribution >= 0.6 is 0 Å². The van der Waals surface area contributed by atoms with Crippen LogP contribution in [0.25, 0.3) is 0 Å². The van der Waals surface area contributed by atoms with Gasteiger partial charge in [-0.3, -0.25) is 4.79 Å². The number of carboxylic acids is 1. The van der Waals surface area contributed by atoms with E-state index in [1.807, 2.05) is 0 Å². The van der Waals surface area contributed by atoms with Gasteiger partial charge < -0.3 is 10.0 Å². The van der Waals surface area contributed by atoms with Crippen LogP contribution in [0.2, 0.25) is 0 Å². The van der Waals surface area contributed by atoms with Gasteiger partial charge in [0.05, 0.1) is 6.42 Å². The van der Waals surface area contributed by atoms with E-state index in [1.54, 1.807) is 0 Å². The topological polar surface area (TPSA) is 40.5 Å². The van der Waals surface area contributed by atoms with Gasteiger partial charge in [-0.25, -0.2) is 0 Å². The van der Waals surface area contributed by atoms with Crippen molar-refractivity contribution in [1.82, 2.24) is 4.90 Å². The quantitative estimate of drug-likeness (QED) is 0.754. The molecule has 0 radical (unpaired) electrons. The van der Waals surface area contributed by atoms with Crippen LogP contribution < -0.4 is 0 Å². The predicted molar refractivity (Wildman–Crippen MR) is 63.4 cm³/mol. The SMILES string of the molecule is CN(CC1CCCC1)CC1(CC(=O)O)CC1. The lowest BCUT2D eigenvalue weighted by atomic mass is 10.0. The van der Waals surface area contributed by atoms with Crippen molar-refractivity contribution in [3.63, 3.8) is 0 Å². The van der Waals surface area contributed by atoms with Gasteiger partial charge in [-0.2, -0.15) is 0 Å². The Morgan fingerprint density at radius 2 is 2.00 bits per heavy atom. The molecule has 0 bridgehead atoms. The molecule has 0 aromatic carbocycles. The molecule has 0 amide bonds. The first-order valence-corrected chi connectivity index (χ1v) is 6.50. The standard InChI is InChI=1S/C13H23NO2/c1-14(9-11-4-2-3-5-11)10-13(6-7-13)8-12(15)16/h11H,2-10H2,1H3,(H,15,16). The molecule has 0 aromatic rings. The maximum atomic E-state index is 10.8. The van der Waals surface area contributed by atoms with E-state index in [9.17, 15) is 4.79 Å². The lowest BCUT2D eigenvalue weighted by molar-refractivity contribution is -0.138. The highest BCUT2D eigenvalue weighted by Gasteiger charge is 2.45. The maximum Gasteiger partial charge on any atom is 0.303 e. The fraction of sp³-hybridized carbons (Fsp3) is 0.923. The minimum Gasteiger partial charge on any atom is -0.481 e. The summed E-state index contributed by atoms with van der Waals surface area (Å²) in [5.74, 6) is 0.234. The molecule has 2 fully saturated rings. The summed E-state index contributed by atoms with van der Waals surface area (Å²) in [7, 11) is 2.15. The zero-order chi connectivity index (χ0) is 11.6. The largest absolute Gasteiger partial charge is 0.481 e. The summed E-state index contributed by atoms with van der Waals surface area (Å²) in [6, 6.07) is 0. The molecule has 2 aliphatic rings. The smallest absolute Gasteiger partial charge is 0.303 e. The molecule has 0 atom stereocenters. The summed E-state index contributed by atoms with van der Waals surface area (Å²) in [6.45, 7) is 2.15. The molecule has 0 saturated heterocycles. The third-order valence-corrected chi connectivity index (χ3v) is 4.13. The second-order valence-corrected chi connectivity index (χ2v) is 5.92. The first-order chi connectivity index (χ1) is 7.60. The lowest BCUT2D eigenvalue weighted by Gasteiger charge is -2.25. The number of hydrogen-bond acceptors (Lipinski definition) is 2. The first-order valence-electron chi connectivity index (χ1n) is 6.50. The van der Waals surface area contributed by atoms with Crippen molar-refractivity contribution in [2.45, 2.75) is 44.9 Å². The second kappa shape index (κ2) is 4.74. The Hall–Kier alpha value is -0.570. The molecule has 0 aromatic heterocycles. The van der Waals surface area contributed by atoms with E-state index in [-0.39, 0.29) is 5.41 Å². The normalized spacial score (nSPS) is 23.9. The predicted octanol–water partition coefficient (Wildman–Crippen LogP) is 2.36. The van der Waals surface area contributed by atoms with Crippen LogP contribution in [0.5, 0.6) is 0 Å². The molecule has 1 N–H and O–H groups in total. The van der Waals surface area contributed by atoms with Crippen LogP contribution in [0, 0.1) is 11.3 Å². The number of aliphatic carboxylic acids is 1. The summed E-state index contributed by atoms with van der Waals surface area (Å²) < 4.78 is 0. The van der Waals surface area contributed by atoms with Gasteiger partial charge in [-0.15, -0.1) is 0 Å². The van der Waals surface area contributed by atoms with Crippen molar-refractivity contribution in [3.05, 3.63) is 0 Å². The van der Waals surface area contributed by atoms with E-state index in [4.69, 9.17) is 5.11 Å². The lowest BCUT2D eigenvalue weighted by Crippen LogP contribution is -2.31. The van der Waals surface area contributed by atoms with Crippen LogP contribution in [0.1, 0.15) is 44.9 Å². The van der Waals surface area contributed by atoms with Crippen molar-refractivity contribution < 1.29 is 9.90 Å². The molecule has 16 heavy (non-hydrogen) atoms. The van der Waals surface area contributed by atoms with E-state index in [0.29, 0.717) is 6.42 Å². The van der Waals surface area contributed by atoms with E-state index < -0.39 is 5.97 Å². The van der Waals surface area contributed by atoms with Crippen LogP contribution in [-0.2, 0) is 4.79 Å². The molecule has 3 heteroatoms. The van der Waals surface area contributed by atoms with Crippen molar-refractivity contribution >= 4 is 5.97 Å². The summed E-state index contributed by atoms with van der Waals surface area (Å²) in [4.78, 5) is 13.1. The molecule has 2 aliphatic carbocycles. The Labute approximate surface area is 97.8 Å². The van der Waals surface area contributed by atoms with Crippen LogP contribution in [0.3, 0.4) is 0 Å². The molecule has 0 aliphatic heterocycles. The van der Waals surface area contributed by atoms with Crippen molar-refractivity contribution in [2.24, 2.45) is 11.3 Å². The minimum atomic E-state index is -0.633. The number of rotatable bonds is 6. The number of carbonyl (C=O) groups is 1. The molecular weight excluding hydrogens is 202 g/mol. The fourth-order valence-electron chi connectivity index (χ4n) is 3.16. The monoisotopic (exact) mass is 225 g/mol. The average molecular weight is 225 g/mol. The Morgan fingerprint density at radius 1 is 1.38 bits per heavy atom. The van der Waals surface area contributed by atoms with Gasteiger partial charge in [0.15, 0.2) is 0 Å². The van der Waals surface area contributed by atoms with E-state index in [0.717, 1.165) is 25.3 Å². The van der Waals surface area contributed by atoms with Crippen molar-refractivity contribution in [2.75, 3.05) is 20.1 Å². The molecule has 92 valence electrons. The Morgan fingerprint density at radius 3 is 2.50 bits per heavy atom. The maximum absolute atomic E-state index is 10.8. The highest BCUT2D eigenvalue weighted by atomic mass is 16.4. The third-order valence-electron chi connectivity index (χ3n) is 4.13. The Balaban J connectivity index is 1.73. The van der Waals surface area contributed by atoms with Crippen LogP contribution in [-0.4, -0.2) is 36.1 Å². The second-order valence-electron chi connectivity index (χ2n) is 5.92. The summed E-state index contributed by atoms with van der Waals surface area (Å²) >= 11 is 0. The van der Waals surface area contributed by atoms with Gasteiger partial charge in [0.2, 0.25) is 0 Å². The summed E-state index contributed by atoms with van der Waals surface area (Å²) in [5, 5.41) is 8.87. The fourth-order valence-corrected chi connectivity index (χ4v) is 3.16. The van der Waals surface area contributed by atoms with Crippen LogP contribution in [0.4, 0.5) is 0 Å². The van der Waals surface area contributed by atoms with Crippen molar-refractivity contribution in [3.8, 4) is 0 Å². The van der Waals surface area contributed by atoms with Gasteiger partial charge >= 0.3 is 5.97 Å². The molecule has 3 nitrogen and oxygen atoms in total. The minimum absolute atomic E-state index is 0.124.